The molecule has 0 aliphatic heterocycles. The molecular weight excluding hydrogens is 468 g/mol. The van der Waals surface area contributed by atoms with Crippen LogP contribution in [0.25, 0.3) is 0 Å². The van der Waals surface area contributed by atoms with Gasteiger partial charge in [-0.2, -0.15) is 0 Å². The third-order valence-electron chi connectivity index (χ3n) is 4.48. The highest BCUT2D eigenvalue weighted by molar-refractivity contribution is 7.98. The van der Waals surface area contributed by atoms with Crippen molar-refractivity contribution in [1.29, 1.82) is 0 Å². The molecule has 3 rings (SSSR count). The Morgan fingerprint density at radius 1 is 1.06 bits per heavy atom. The smallest absolute Gasteiger partial charge is 0.264 e. The Morgan fingerprint density at radius 3 is 2.44 bits per heavy atom. The van der Waals surface area contributed by atoms with E-state index in [-0.39, 0.29) is 10.6 Å². The Morgan fingerprint density at radius 2 is 1.78 bits per heavy atom. The van der Waals surface area contributed by atoms with Gasteiger partial charge in [-0.3, -0.25) is 9.10 Å². The van der Waals surface area contributed by atoms with Gasteiger partial charge in [-0.05, 0) is 67.8 Å². The summed E-state index contributed by atoms with van der Waals surface area (Å²) in [5.74, 6) is -0.141. The Balaban J connectivity index is 2.00. The van der Waals surface area contributed by atoms with Crippen LogP contribution in [0.3, 0.4) is 0 Å². The van der Waals surface area contributed by atoms with Gasteiger partial charge in [-0.15, -0.1) is 11.8 Å². The molecule has 1 amide bonds. The summed E-state index contributed by atoms with van der Waals surface area (Å²) in [6.45, 7) is 1.72. The molecule has 0 bridgehead atoms. The second-order valence-electron chi connectivity index (χ2n) is 6.65. The number of ether oxygens (including phenoxy) is 1. The summed E-state index contributed by atoms with van der Waals surface area (Å²) in [6, 6.07) is 19.9. The van der Waals surface area contributed by atoms with Crippen molar-refractivity contribution in [3.05, 3.63) is 77.8 Å². The van der Waals surface area contributed by atoms with Gasteiger partial charge in [0.05, 0.1) is 17.2 Å². The molecule has 0 aliphatic carbocycles. The fourth-order valence-electron chi connectivity index (χ4n) is 3.01. The number of nitrogens with zero attached hydrogens (tertiary/aromatic N) is 1. The zero-order valence-electron chi connectivity index (χ0n) is 17.6. The molecule has 1 N–H and O–H groups in total. The summed E-state index contributed by atoms with van der Waals surface area (Å²) in [5, 5.41) is 3.16. The molecule has 0 fully saturated rings. The van der Waals surface area contributed by atoms with Gasteiger partial charge in [-0.25, -0.2) is 8.42 Å². The summed E-state index contributed by atoms with van der Waals surface area (Å²) >= 11 is 7.50. The molecule has 0 saturated carbocycles. The van der Waals surface area contributed by atoms with Crippen LogP contribution >= 0.6 is 23.4 Å². The largest absolute Gasteiger partial charge is 0.492 e. The van der Waals surface area contributed by atoms with Crippen molar-refractivity contribution in [2.45, 2.75) is 16.7 Å². The SMILES string of the molecule is CCOc1ccccc1N(CC(=O)Nc1cccc(Cl)c1)S(=O)(=O)c1ccc(SC)cc1. The number of para-hydroxylation sites is 2. The second kappa shape index (κ2) is 10.8. The van der Waals surface area contributed by atoms with E-state index in [1.807, 2.05) is 13.2 Å². The van der Waals surface area contributed by atoms with E-state index in [9.17, 15) is 13.2 Å². The van der Waals surface area contributed by atoms with Gasteiger partial charge in [0.2, 0.25) is 5.91 Å². The molecule has 0 heterocycles. The molecule has 0 atom stereocenters. The summed E-state index contributed by atoms with van der Waals surface area (Å²) in [4.78, 5) is 13.9. The number of carbonyl (C=O) groups is 1. The fraction of sp³-hybridized carbons (Fsp3) is 0.174. The molecule has 0 spiro atoms. The maximum atomic E-state index is 13.6. The van der Waals surface area contributed by atoms with Crippen LogP contribution in [-0.4, -0.2) is 33.7 Å². The first kappa shape index (κ1) is 24.0. The van der Waals surface area contributed by atoms with Crippen LogP contribution in [0.15, 0.2) is 82.6 Å². The number of amides is 1. The Labute approximate surface area is 197 Å². The summed E-state index contributed by atoms with van der Waals surface area (Å²) < 4.78 is 33.9. The number of halogens is 1. The lowest BCUT2D eigenvalue weighted by atomic mass is 10.3. The normalized spacial score (nSPS) is 11.1. The second-order valence-corrected chi connectivity index (χ2v) is 9.82. The van der Waals surface area contributed by atoms with Gasteiger partial charge < -0.3 is 10.1 Å². The maximum Gasteiger partial charge on any atom is 0.264 e. The molecule has 0 saturated heterocycles. The van der Waals surface area contributed by atoms with E-state index in [1.165, 1.54) is 23.9 Å². The molecule has 3 aromatic rings. The van der Waals surface area contributed by atoms with Crippen LogP contribution < -0.4 is 14.4 Å². The Bertz CT molecular complexity index is 1180. The first-order valence-corrected chi connectivity index (χ1v) is 12.8. The van der Waals surface area contributed by atoms with Gasteiger partial charge in [0.1, 0.15) is 12.3 Å². The van der Waals surface area contributed by atoms with Crippen LogP contribution in [0.1, 0.15) is 6.92 Å². The van der Waals surface area contributed by atoms with E-state index in [1.54, 1.807) is 60.7 Å². The van der Waals surface area contributed by atoms with Crippen molar-refractivity contribution in [2.24, 2.45) is 0 Å². The highest BCUT2D eigenvalue weighted by atomic mass is 35.5. The van der Waals surface area contributed by atoms with Crippen LogP contribution in [0.2, 0.25) is 5.02 Å². The number of thioether (sulfide) groups is 1. The molecular formula is C23H23ClN2O4S2. The Hall–Kier alpha value is -2.68. The van der Waals surface area contributed by atoms with Crippen LogP contribution in [0, 0.1) is 0 Å². The topological polar surface area (TPSA) is 75.7 Å². The molecule has 9 heteroatoms. The molecule has 3 aromatic carbocycles. The fourth-order valence-corrected chi connectivity index (χ4v) is 5.04. The molecule has 0 aromatic heterocycles. The van der Waals surface area contributed by atoms with Gasteiger partial charge in [-0.1, -0.05) is 29.8 Å². The minimum absolute atomic E-state index is 0.0807. The monoisotopic (exact) mass is 490 g/mol. The third kappa shape index (κ3) is 5.76. The molecule has 0 radical (unpaired) electrons. The molecule has 6 nitrogen and oxygen atoms in total. The van der Waals surface area contributed by atoms with E-state index in [0.717, 1.165) is 9.20 Å². The standard InChI is InChI=1S/C23H23ClN2O4S2/c1-3-30-22-10-5-4-9-21(22)26(16-23(27)25-18-8-6-7-17(24)15-18)32(28,29)20-13-11-19(31-2)12-14-20/h4-15H,3,16H2,1-2H3,(H,25,27). The van der Waals surface area contributed by atoms with E-state index in [2.05, 4.69) is 5.32 Å². The van der Waals surface area contributed by atoms with Crippen molar-refractivity contribution in [3.63, 3.8) is 0 Å². The summed E-state index contributed by atoms with van der Waals surface area (Å²) in [7, 11) is -4.06. The van der Waals surface area contributed by atoms with Crippen LogP contribution in [0.5, 0.6) is 5.75 Å². The minimum Gasteiger partial charge on any atom is -0.492 e. The predicted octanol–water partition coefficient (Wildman–Crippen LogP) is 5.29. The Kier molecular flexibility index (Phi) is 8.06. The number of carbonyl (C=O) groups excluding carboxylic acids is 1. The minimum atomic E-state index is -4.06. The zero-order chi connectivity index (χ0) is 23.1. The molecule has 0 unspecified atom stereocenters. The number of hydrogen-bond acceptors (Lipinski definition) is 5. The van der Waals surface area contributed by atoms with E-state index in [4.69, 9.17) is 16.3 Å². The first-order valence-electron chi connectivity index (χ1n) is 9.79. The van der Waals surface area contributed by atoms with Crippen molar-refractivity contribution in [2.75, 3.05) is 29.0 Å². The number of sulfonamides is 1. The number of nitrogens with one attached hydrogen (secondary N) is 1. The number of benzene rings is 3. The van der Waals surface area contributed by atoms with Gasteiger partial charge in [0, 0.05) is 15.6 Å². The van der Waals surface area contributed by atoms with Crippen LogP contribution in [0.4, 0.5) is 11.4 Å². The number of hydrogen-bond donors (Lipinski definition) is 1. The first-order chi connectivity index (χ1) is 15.3. The highest BCUT2D eigenvalue weighted by Crippen LogP contribution is 2.33. The van der Waals surface area contributed by atoms with Crippen molar-refractivity contribution in [3.8, 4) is 5.75 Å². The lowest BCUT2D eigenvalue weighted by molar-refractivity contribution is -0.114. The predicted molar refractivity (Wildman–Crippen MR) is 130 cm³/mol. The lowest BCUT2D eigenvalue weighted by Crippen LogP contribution is -2.38. The van der Waals surface area contributed by atoms with Gasteiger partial charge in [0.25, 0.3) is 10.0 Å². The highest BCUT2D eigenvalue weighted by Gasteiger charge is 2.29. The quantitative estimate of drug-likeness (QED) is 0.412. The summed E-state index contributed by atoms with van der Waals surface area (Å²) in [5.41, 5.74) is 0.756. The van der Waals surface area contributed by atoms with Gasteiger partial charge in [0.15, 0.2) is 0 Å². The van der Waals surface area contributed by atoms with Gasteiger partial charge >= 0.3 is 0 Å². The average molecular weight is 491 g/mol. The average Bonchev–Trinajstić information content (AvgIpc) is 2.78. The van der Waals surface area contributed by atoms with Crippen molar-refractivity contribution >= 4 is 50.7 Å². The van der Waals surface area contributed by atoms with Crippen molar-refractivity contribution in [1.82, 2.24) is 0 Å². The van der Waals surface area contributed by atoms with E-state index >= 15 is 0 Å². The molecule has 168 valence electrons. The van der Waals surface area contributed by atoms with Crippen molar-refractivity contribution < 1.29 is 17.9 Å². The molecule has 0 aliphatic rings. The lowest BCUT2D eigenvalue weighted by Gasteiger charge is -2.26. The zero-order valence-corrected chi connectivity index (χ0v) is 20.0. The number of anilines is 2. The number of rotatable bonds is 9. The third-order valence-corrected chi connectivity index (χ3v) is 7.23. The summed E-state index contributed by atoms with van der Waals surface area (Å²) in [6.07, 6.45) is 1.91. The van der Waals surface area contributed by atoms with Crippen LogP contribution in [-0.2, 0) is 14.8 Å². The van der Waals surface area contributed by atoms with E-state index < -0.39 is 22.5 Å². The molecule has 32 heavy (non-hydrogen) atoms. The maximum absolute atomic E-state index is 13.6. The van der Waals surface area contributed by atoms with E-state index in [0.29, 0.717) is 23.1 Å².